The summed E-state index contributed by atoms with van der Waals surface area (Å²) < 4.78 is 5.53. The van der Waals surface area contributed by atoms with Crippen LogP contribution in [0.25, 0.3) is 0 Å². The number of rotatable bonds is 20. The van der Waals surface area contributed by atoms with Crippen LogP contribution in [0.3, 0.4) is 0 Å². The Morgan fingerprint density at radius 1 is 0.588 bits per heavy atom. The summed E-state index contributed by atoms with van der Waals surface area (Å²) in [5, 5.41) is 10.1. The van der Waals surface area contributed by atoms with E-state index >= 15 is 0 Å². The van der Waals surface area contributed by atoms with E-state index < -0.39 is 0 Å². The second kappa shape index (κ2) is 17.8. The Kier molecular flexibility index (Phi) is 14.5. The van der Waals surface area contributed by atoms with E-state index in [1.54, 1.807) is 0 Å². The fourth-order valence-electron chi connectivity index (χ4n) is 3.73. The summed E-state index contributed by atoms with van der Waals surface area (Å²) in [5.41, 5.74) is 0.915. The van der Waals surface area contributed by atoms with Gasteiger partial charge >= 0.3 is 0 Å². The molecule has 1 heterocycles. The first-order valence-electron chi connectivity index (χ1n) is 13.5. The quantitative estimate of drug-likeness (QED) is 0.172. The van der Waals surface area contributed by atoms with Crippen LogP contribution in [-0.2, 0) is 0 Å². The fourth-order valence-corrected chi connectivity index (χ4v) is 3.73. The molecule has 7 nitrogen and oxygen atoms in total. The normalized spacial score (nSPS) is 10.8. The smallest absolute Gasteiger partial charge is 0.233 e. The van der Waals surface area contributed by atoms with Gasteiger partial charge in [0.15, 0.2) is 0 Å². The molecule has 190 valence electrons. The Bertz CT molecular complexity index is 732. The van der Waals surface area contributed by atoms with Crippen molar-refractivity contribution in [2.45, 2.75) is 97.8 Å². The number of nitrogens with one attached hydrogen (secondary N) is 3. The summed E-state index contributed by atoms with van der Waals surface area (Å²) in [5.74, 6) is 2.62. The second-order valence-electron chi connectivity index (χ2n) is 8.78. The molecule has 34 heavy (non-hydrogen) atoms. The van der Waals surface area contributed by atoms with Crippen LogP contribution in [0.5, 0.6) is 5.75 Å². The molecule has 2 aromatic rings. The maximum atomic E-state index is 5.53. The van der Waals surface area contributed by atoms with Gasteiger partial charge in [-0.05, 0) is 44.0 Å². The number of ether oxygens (including phenoxy) is 1. The van der Waals surface area contributed by atoms with E-state index in [1.807, 2.05) is 31.2 Å². The van der Waals surface area contributed by atoms with Gasteiger partial charge in [-0.2, -0.15) is 15.0 Å². The predicted molar refractivity (Wildman–Crippen MR) is 144 cm³/mol. The molecule has 0 saturated heterocycles. The van der Waals surface area contributed by atoms with Crippen LogP contribution in [0.1, 0.15) is 97.8 Å². The van der Waals surface area contributed by atoms with Gasteiger partial charge in [0.05, 0.1) is 6.61 Å². The van der Waals surface area contributed by atoms with Crippen molar-refractivity contribution in [3.05, 3.63) is 24.3 Å². The van der Waals surface area contributed by atoms with E-state index in [9.17, 15) is 0 Å². The number of benzene rings is 1. The van der Waals surface area contributed by atoms with Crippen LogP contribution in [0, 0.1) is 0 Å². The average molecular weight is 471 g/mol. The second-order valence-corrected chi connectivity index (χ2v) is 8.78. The minimum absolute atomic E-state index is 0.537. The zero-order valence-corrected chi connectivity index (χ0v) is 21.7. The van der Waals surface area contributed by atoms with Crippen LogP contribution in [0.15, 0.2) is 24.3 Å². The molecule has 0 fully saturated rings. The minimum atomic E-state index is 0.537. The van der Waals surface area contributed by atoms with Crippen LogP contribution in [0.4, 0.5) is 23.5 Å². The third-order valence-electron chi connectivity index (χ3n) is 5.68. The molecule has 0 unspecified atom stereocenters. The standard InChI is InChI=1S/C27H46N6O/c1-4-7-9-11-13-15-21-28-25-31-26(29-22-16-14-12-10-8-5-2)33-27(32-25)30-23-17-19-24(20-18-23)34-6-3/h17-20H,4-16,21-22H2,1-3H3,(H3,28,29,30,31,32,33). The lowest BCUT2D eigenvalue weighted by molar-refractivity contribution is 0.340. The maximum Gasteiger partial charge on any atom is 0.233 e. The summed E-state index contributed by atoms with van der Waals surface area (Å²) in [6, 6.07) is 7.84. The van der Waals surface area contributed by atoms with Crippen molar-refractivity contribution in [3.8, 4) is 5.75 Å². The summed E-state index contributed by atoms with van der Waals surface area (Å²) in [6.07, 6.45) is 15.2. The van der Waals surface area contributed by atoms with E-state index in [-0.39, 0.29) is 0 Å². The molecule has 3 N–H and O–H groups in total. The summed E-state index contributed by atoms with van der Waals surface area (Å²) >= 11 is 0. The van der Waals surface area contributed by atoms with Crippen LogP contribution in [0.2, 0.25) is 0 Å². The van der Waals surface area contributed by atoms with Crippen molar-refractivity contribution in [1.29, 1.82) is 0 Å². The van der Waals surface area contributed by atoms with Crippen molar-refractivity contribution in [1.82, 2.24) is 15.0 Å². The molecular weight excluding hydrogens is 424 g/mol. The van der Waals surface area contributed by atoms with E-state index in [2.05, 4.69) is 44.7 Å². The molecule has 2 rings (SSSR count). The maximum absolute atomic E-state index is 5.53. The predicted octanol–water partition coefficient (Wildman–Crippen LogP) is 7.56. The Hall–Kier alpha value is -2.57. The van der Waals surface area contributed by atoms with Gasteiger partial charge in [0.1, 0.15) is 5.75 Å². The van der Waals surface area contributed by atoms with Crippen molar-refractivity contribution < 1.29 is 4.74 Å². The highest BCUT2D eigenvalue weighted by atomic mass is 16.5. The molecule has 0 spiro atoms. The fraction of sp³-hybridized carbons (Fsp3) is 0.667. The number of hydrogen-bond acceptors (Lipinski definition) is 7. The van der Waals surface area contributed by atoms with Gasteiger partial charge in [-0.1, -0.05) is 78.1 Å². The third-order valence-corrected chi connectivity index (χ3v) is 5.68. The van der Waals surface area contributed by atoms with E-state index in [1.165, 1.54) is 64.2 Å². The summed E-state index contributed by atoms with van der Waals surface area (Å²) in [4.78, 5) is 13.8. The van der Waals surface area contributed by atoms with Gasteiger partial charge < -0.3 is 20.7 Å². The van der Waals surface area contributed by atoms with Crippen LogP contribution in [-0.4, -0.2) is 34.6 Å². The lowest BCUT2D eigenvalue weighted by atomic mass is 10.1. The molecule has 0 saturated carbocycles. The van der Waals surface area contributed by atoms with Crippen LogP contribution >= 0.6 is 0 Å². The highest BCUT2D eigenvalue weighted by Gasteiger charge is 2.07. The lowest BCUT2D eigenvalue weighted by Crippen LogP contribution is -2.12. The Labute approximate surface area is 206 Å². The first-order chi connectivity index (χ1) is 16.7. The first kappa shape index (κ1) is 27.7. The largest absolute Gasteiger partial charge is 0.494 e. The first-order valence-corrected chi connectivity index (χ1v) is 13.5. The van der Waals surface area contributed by atoms with Crippen molar-refractivity contribution in [3.63, 3.8) is 0 Å². The molecule has 7 heteroatoms. The SMILES string of the molecule is CCCCCCCCNc1nc(NCCCCCCCC)nc(Nc2ccc(OCC)cc2)n1. The van der Waals surface area contributed by atoms with Gasteiger partial charge in [-0.15, -0.1) is 0 Å². The van der Waals surface area contributed by atoms with Gasteiger partial charge in [-0.25, -0.2) is 0 Å². The highest BCUT2D eigenvalue weighted by Crippen LogP contribution is 2.20. The molecule has 0 aliphatic rings. The van der Waals surface area contributed by atoms with Crippen molar-refractivity contribution >= 4 is 23.5 Å². The zero-order chi connectivity index (χ0) is 24.3. The van der Waals surface area contributed by atoms with Crippen LogP contribution < -0.4 is 20.7 Å². The molecular formula is C27H46N6O. The van der Waals surface area contributed by atoms with E-state index in [0.717, 1.165) is 37.4 Å². The third kappa shape index (κ3) is 12.1. The number of unbranched alkanes of at least 4 members (excludes halogenated alkanes) is 10. The molecule has 1 aromatic heterocycles. The lowest BCUT2D eigenvalue weighted by Gasteiger charge is -2.12. The van der Waals surface area contributed by atoms with E-state index in [0.29, 0.717) is 24.5 Å². The number of aromatic nitrogens is 3. The number of nitrogens with zero attached hydrogens (tertiary/aromatic N) is 3. The summed E-state index contributed by atoms with van der Waals surface area (Å²) in [6.45, 7) is 8.88. The van der Waals surface area contributed by atoms with E-state index in [4.69, 9.17) is 4.74 Å². The van der Waals surface area contributed by atoms with Gasteiger partial charge in [0.2, 0.25) is 17.8 Å². The highest BCUT2D eigenvalue weighted by molar-refractivity contribution is 5.56. The molecule has 0 radical (unpaired) electrons. The zero-order valence-electron chi connectivity index (χ0n) is 21.7. The Morgan fingerprint density at radius 2 is 1.06 bits per heavy atom. The minimum Gasteiger partial charge on any atom is -0.494 e. The summed E-state index contributed by atoms with van der Waals surface area (Å²) in [7, 11) is 0. The topological polar surface area (TPSA) is 84.0 Å². The molecule has 0 atom stereocenters. The monoisotopic (exact) mass is 470 g/mol. The molecule has 0 aliphatic heterocycles. The van der Waals surface area contributed by atoms with Crippen molar-refractivity contribution in [2.24, 2.45) is 0 Å². The van der Waals surface area contributed by atoms with Gasteiger partial charge in [-0.3, -0.25) is 0 Å². The number of anilines is 4. The van der Waals surface area contributed by atoms with Crippen molar-refractivity contribution in [2.75, 3.05) is 35.6 Å². The number of hydrogen-bond donors (Lipinski definition) is 3. The average Bonchev–Trinajstić information content (AvgIpc) is 2.84. The Morgan fingerprint density at radius 3 is 1.56 bits per heavy atom. The molecule has 0 amide bonds. The molecule has 0 aliphatic carbocycles. The molecule has 1 aromatic carbocycles. The van der Waals surface area contributed by atoms with Gasteiger partial charge in [0.25, 0.3) is 0 Å². The molecule has 0 bridgehead atoms. The van der Waals surface area contributed by atoms with Gasteiger partial charge in [0, 0.05) is 18.8 Å². The Balaban J connectivity index is 1.92.